The molecule has 0 spiro atoms. The van der Waals surface area contributed by atoms with Crippen molar-refractivity contribution >= 4 is 45.7 Å². The van der Waals surface area contributed by atoms with Crippen LogP contribution in [0.4, 0.5) is 0 Å². The fourth-order valence-corrected chi connectivity index (χ4v) is 2.17. The van der Waals surface area contributed by atoms with Crippen LogP contribution in [0.1, 0.15) is 12.8 Å². The van der Waals surface area contributed by atoms with E-state index in [1.54, 1.807) is 0 Å². The second-order valence-electron chi connectivity index (χ2n) is 2.49. The normalized spacial score (nSPS) is 22.7. The topological polar surface area (TPSA) is 15.3 Å². The molecule has 0 amide bonds. The van der Waals surface area contributed by atoms with Crippen molar-refractivity contribution in [3.63, 3.8) is 0 Å². The van der Waals surface area contributed by atoms with Crippen LogP contribution in [-0.2, 0) is 0 Å². The molecule has 1 saturated carbocycles. The van der Waals surface area contributed by atoms with Crippen LogP contribution in [0.3, 0.4) is 0 Å². The van der Waals surface area contributed by atoms with E-state index in [9.17, 15) is 0 Å². The fraction of sp³-hybridized carbons (Fsp3) is 1.00. The van der Waals surface area contributed by atoms with E-state index < -0.39 is 0 Å². The van der Waals surface area contributed by atoms with E-state index in [2.05, 4.69) is 52.4 Å². The van der Waals surface area contributed by atoms with Crippen LogP contribution in [0.2, 0.25) is 0 Å². The summed E-state index contributed by atoms with van der Waals surface area (Å²) in [6.07, 6.45) is 2.68. The predicted octanol–water partition coefficient (Wildman–Crippen LogP) is 1.74. The average Bonchev–Trinajstić information content (AvgIpc) is 2.48. The monoisotopic (exact) mass is 352 g/mol. The van der Waals surface area contributed by atoms with Crippen LogP contribution in [0.15, 0.2) is 0 Å². The molecule has 0 atom stereocenters. The molecule has 1 N–H and O–H groups in total. The van der Waals surface area contributed by atoms with Gasteiger partial charge in [0, 0.05) is 57.8 Å². The third-order valence-corrected chi connectivity index (χ3v) is 2.49. The number of nitrogens with one attached hydrogen (secondary N) is 1. The van der Waals surface area contributed by atoms with Crippen molar-refractivity contribution in [3.8, 4) is 0 Å². The van der Waals surface area contributed by atoms with Gasteiger partial charge in [-0.2, -0.15) is 1.33 Å². The lowest BCUT2D eigenvalue weighted by molar-refractivity contribution is 0.516. The van der Waals surface area contributed by atoms with Crippen molar-refractivity contribution in [1.29, 1.82) is 0 Å². The lowest BCUT2D eigenvalue weighted by Crippen LogP contribution is -2.34. The van der Waals surface area contributed by atoms with Gasteiger partial charge < -0.3 is 5.32 Å². The van der Waals surface area contributed by atoms with Gasteiger partial charge in [0.1, 0.15) is 0 Å². The van der Waals surface area contributed by atoms with E-state index >= 15 is 0 Å². The minimum absolute atomic E-state index is 0.475. The first-order valence-electron chi connectivity index (χ1n) is 2.96. The minimum Gasteiger partial charge on any atom is -0.313 e. The summed E-state index contributed by atoms with van der Waals surface area (Å²) in [4.78, 5) is 0. The second kappa shape index (κ2) is 3.19. The summed E-state index contributed by atoms with van der Waals surface area (Å²) >= 11 is 4.62. The molecule has 4 heteroatoms. The van der Waals surface area contributed by atoms with Gasteiger partial charge in [-0.3, -0.25) is 0 Å². The summed E-state index contributed by atoms with van der Waals surface area (Å²) < 4.78 is 2.18. The standard InChI is InChI=1S/C5H10I2N2/c1-8-5(2-3-5)4-9(6)7/h8H,2-4H2,1H3. The molecular formula is C5H10I2N2. The maximum Gasteiger partial charge on any atom is 0.0367 e. The highest BCUT2D eigenvalue weighted by atomic mass is 127. The maximum atomic E-state index is 3.33. The van der Waals surface area contributed by atoms with E-state index in [4.69, 9.17) is 0 Å². The average molecular weight is 352 g/mol. The van der Waals surface area contributed by atoms with Crippen molar-refractivity contribution in [2.75, 3.05) is 13.6 Å². The van der Waals surface area contributed by atoms with Crippen LogP contribution in [0.25, 0.3) is 0 Å². The molecule has 0 aromatic carbocycles. The number of halogens is 2. The van der Waals surface area contributed by atoms with Gasteiger partial charge in [-0.25, -0.2) is 0 Å². The summed E-state index contributed by atoms with van der Waals surface area (Å²) in [6, 6.07) is 0. The molecule has 0 aromatic rings. The number of likely N-dealkylation sites (N-methyl/N-ethyl adjacent to an activating group) is 1. The van der Waals surface area contributed by atoms with E-state index in [0.29, 0.717) is 5.54 Å². The molecule has 0 saturated heterocycles. The fourth-order valence-electron chi connectivity index (χ4n) is 0.867. The first-order chi connectivity index (χ1) is 4.18. The van der Waals surface area contributed by atoms with Crippen molar-refractivity contribution in [1.82, 2.24) is 6.64 Å². The Morgan fingerprint density at radius 2 is 2.11 bits per heavy atom. The van der Waals surface area contributed by atoms with E-state index in [-0.39, 0.29) is 0 Å². The van der Waals surface area contributed by atoms with Crippen molar-refractivity contribution in [2.24, 2.45) is 0 Å². The molecule has 0 radical (unpaired) electrons. The zero-order valence-corrected chi connectivity index (χ0v) is 9.64. The smallest absolute Gasteiger partial charge is 0.0367 e. The van der Waals surface area contributed by atoms with E-state index in [0.717, 1.165) is 6.54 Å². The third-order valence-electron chi connectivity index (χ3n) is 1.81. The molecule has 1 aliphatic carbocycles. The molecule has 0 unspecified atom stereocenters. The number of nitrogens with zero attached hydrogens (tertiary/aromatic N) is 1. The Kier molecular flexibility index (Phi) is 3.00. The van der Waals surface area contributed by atoms with Crippen LogP contribution in [0, 0.1) is 0 Å². The van der Waals surface area contributed by atoms with Crippen molar-refractivity contribution < 1.29 is 0 Å². The first-order valence-corrected chi connectivity index (χ1v) is 4.89. The third kappa shape index (κ3) is 2.47. The van der Waals surface area contributed by atoms with Crippen molar-refractivity contribution in [3.05, 3.63) is 0 Å². The van der Waals surface area contributed by atoms with Gasteiger partial charge in [0.25, 0.3) is 0 Å². The van der Waals surface area contributed by atoms with E-state index in [1.807, 2.05) is 7.05 Å². The van der Waals surface area contributed by atoms with Gasteiger partial charge in [-0.15, -0.1) is 0 Å². The van der Waals surface area contributed by atoms with Crippen LogP contribution >= 0.6 is 45.7 Å². The van der Waals surface area contributed by atoms with Gasteiger partial charge in [0.15, 0.2) is 0 Å². The molecule has 0 aliphatic heterocycles. The van der Waals surface area contributed by atoms with Gasteiger partial charge in [-0.1, -0.05) is 0 Å². The van der Waals surface area contributed by atoms with Gasteiger partial charge in [0.2, 0.25) is 0 Å². The highest BCUT2D eigenvalue weighted by Gasteiger charge is 2.41. The van der Waals surface area contributed by atoms with E-state index in [1.165, 1.54) is 12.8 Å². The highest BCUT2D eigenvalue weighted by Crippen LogP contribution is 2.37. The molecular weight excluding hydrogens is 342 g/mol. The molecule has 0 bridgehead atoms. The molecule has 2 nitrogen and oxygen atoms in total. The second-order valence-corrected chi connectivity index (χ2v) is 6.67. The lowest BCUT2D eigenvalue weighted by Gasteiger charge is -2.15. The Labute approximate surface area is 83.7 Å². The van der Waals surface area contributed by atoms with Gasteiger partial charge >= 0.3 is 0 Å². The minimum atomic E-state index is 0.475. The Balaban J connectivity index is 2.25. The molecule has 54 valence electrons. The Morgan fingerprint density at radius 3 is 2.22 bits per heavy atom. The zero-order valence-electron chi connectivity index (χ0n) is 5.32. The SMILES string of the molecule is CNC1(CN(I)I)CC1. The van der Waals surface area contributed by atoms with Crippen LogP contribution in [-0.4, -0.2) is 20.5 Å². The Bertz CT molecular complexity index is 101. The Morgan fingerprint density at radius 1 is 1.56 bits per heavy atom. The highest BCUT2D eigenvalue weighted by molar-refractivity contribution is 14.2. The van der Waals surface area contributed by atoms with Crippen LogP contribution in [0.5, 0.6) is 0 Å². The molecule has 9 heavy (non-hydrogen) atoms. The summed E-state index contributed by atoms with van der Waals surface area (Å²) in [5.41, 5.74) is 0.475. The summed E-state index contributed by atoms with van der Waals surface area (Å²) in [5, 5.41) is 3.33. The largest absolute Gasteiger partial charge is 0.313 e. The number of hydrogen-bond acceptors (Lipinski definition) is 2. The zero-order chi connectivity index (χ0) is 6.91. The number of rotatable bonds is 3. The molecule has 0 aromatic heterocycles. The summed E-state index contributed by atoms with van der Waals surface area (Å²) in [7, 11) is 2.05. The van der Waals surface area contributed by atoms with Gasteiger partial charge in [0.05, 0.1) is 0 Å². The first kappa shape index (κ1) is 8.48. The molecule has 1 aliphatic rings. The Hall–Kier alpha value is 1.38. The summed E-state index contributed by atoms with van der Waals surface area (Å²) in [5.74, 6) is 0. The quantitative estimate of drug-likeness (QED) is 0.615. The maximum absolute atomic E-state index is 3.33. The molecule has 1 fully saturated rings. The molecule has 1 rings (SSSR count). The molecule has 0 heterocycles. The van der Waals surface area contributed by atoms with Crippen molar-refractivity contribution in [2.45, 2.75) is 18.4 Å². The lowest BCUT2D eigenvalue weighted by atomic mass is 10.3. The summed E-state index contributed by atoms with van der Waals surface area (Å²) in [6.45, 7) is 1.16. The number of hydrogen-bond donors (Lipinski definition) is 1. The predicted molar refractivity (Wildman–Crippen MR) is 55.8 cm³/mol. The van der Waals surface area contributed by atoms with Gasteiger partial charge in [-0.05, 0) is 19.9 Å². The van der Waals surface area contributed by atoms with Crippen LogP contribution < -0.4 is 5.32 Å².